The van der Waals surface area contributed by atoms with Crippen molar-refractivity contribution >= 4 is 17.3 Å². The Bertz CT molecular complexity index is 574. The van der Waals surface area contributed by atoms with Crippen molar-refractivity contribution in [2.75, 3.05) is 18.2 Å². The second kappa shape index (κ2) is 4.87. The van der Waals surface area contributed by atoms with Gasteiger partial charge in [0.1, 0.15) is 11.6 Å². The number of anilines is 3. The Kier molecular flexibility index (Phi) is 3.27. The average molecular weight is 248 g/mol. The minimum absolute atomic E-state index is 0.0493. The number of benzene rings is 1. The maximum Gasteiger partial charge on any atom is 0.207 e. The van der Waals surface area contributed by atoms with Gasteiger partial charge in [0, 0.05) is 11.8 Å². The molecule has 1 aromatic heterocycles. The van der Waals surface area contributed by atoms with Crippen LogP contribution < -0.4 is 15.8 Å². The van der Waals surface area contributed by atoms with Crippen LogP contribution in [-0.2, 0) is 0 Å². The lowest BCUT2D eigenvalue weighted by Gasteiger charge is -2.09. The van der Waals surface area contributed by atoms with E-state index in [-0.39, 0.29) is 11.6 Å². The molecule has 0 aliphatic carbocycles. The zero-order chi connectivity index (χ0) is 13.1. The summed E-state index contributed by atoms with van der Waals surface area (Å²) < 4.78 is 18.8. The summed E-state index contributed by atoms with van der Waals surface area (Å²) in [5, 5.41) is 2.84. The topological polar surface area (TPSA) is 73.1 Å². The van der Waals surface area contributed by atoms with E-state index >= 15 is 0 Å². The second-order valence-electron chi connectivity index (χ2n) is 3.68. The van der Waals surface area contributed by atoms with E-state index in [0.29, 0.717) is 17.3 Å². The molecule has 0 radical (unpaired) electrons. The van der Waals surface area contributed by atoms with Crippen LogP contribution in [0.4, 0.5) is 21.7 Å². The number of hydrogen-bond donors (Lipinski definition) is 2. The number of nitrogens with one attached hydrogen (secondary N) is 1. The van der Waals surface area contributed by atoms with Crippen molar-refractivity contribution in [3.63, 3.8) is 0 Å². The molecule has 2 rings (SSSR count). The molecule has 0 saturated heterocycles. The first kappa shape index (κ1) is 12.1. The molecule has 0 fully saturated rings. The highest BCUT2D eigenvalue weighted by atomic mass is 19.1. The third kappa shape index (κ3) is 2.48. The van der Waals surface area contributed by atoms with Crippen molar-refractivity contribution < 1.29 is 9.13 Å². The van der Waals surface area contributed by atoms with E-state index in [1.54, 1.807) is 38.3 Å². The average Bonchev–Trinajstić information content (AvgIpc) is 2.35. The van der Waals surface area contributed by atoms with Gasteiger partial charge in [0.25, 0.3) is 0 Å². The van der Waals surface area contributed by atoms with Gasteiger partial charge in [0.2, 0.25) is 5.82 Å². The summed E-state index contributed by atoms with van der Waals surface area (Å²) in [5.74, 6) is 0.281. The lowest BCUT2D eigenvalue weighted by Crippen LogP contribution is -2.05. The molecule has 0 aliphatic heterocycles. The zero-order valence-corrected chi connectivity index (χ0v) is 10.1. The van der Waals surface area contributed by atoms with Gasteiger partial charge >= 0.3 is 0 Å². The number of ether oxygens (including phenoxy) is 1. The molecule has 2 aromatic rings. The molecule has 0 saturated carbocycles. The van der Waals surface area contributed by atoms with E-state index < -0.39 is 5.82 Å². The fraction of sp³-hybridized carbons (Fsp3) is 0.167. The van der Waals surface area contributed by atoms with Crippen molar-refractivity contribution in [1.82, 2.24) is 9.97 Å². The fourth-order valence-electron chi connectivity index (χ4n) is 1.50. The van der Waals surface area contributed by atoms with Gasteiger partial charge in [-0.15, -0.1) is 0 Å². The number of halogens is 1. The summed E-state index contributed by atoms with van der Waals surface area (Å²) >= 11 is 0. The second-order valence-corrected chi connectivity index (χ2v) is 3.68. The first-order valence-electron chi connectivity index (χ1n) is 5.31. The van der Waals surface area contributed by atoms with Crippen LogP contribution in [0.25, 0.3) is 0 Å². The van der Waals surface area contributed by atoms with Crippen molar-refractivity contribution in [3.8, 4) is 5.75 Å². The molecule has 1 aromatic carbocycles. The zero-order valence-electron chi connectivity index (χ0n) is 10.1. The Morgan fingerprint density at radius 1 is 1.33 bits per heavy atom. The summed E-state index contributed by atoms with van der Waals surface area (Å²) in [6.07, 6.45) is 0. The van der Waals surface area contributed by atoms with Gasteiger partial charge in [-0.1, -0.05) is 6.07 Å². The number of nitrogens with zero attached hydrogens (tertiary/aromatic N) is 2. The number of nitrogen functional groups attached to an aromatic ring is 1. The molecule has 0 atom stereocenters. The third-order valence-corrected chi connectivity index (χ3v) is 2.32. The lowest BCUT2D eigenvalue weighted by atomic mass is 10.3. The maximum atomic E-state index is 13.7. The van der Waals surface area contributed by atoms with Crippen LogP contribution in [0.3, 0.4) is 0 Å². The molecular formula is C12H13FN4O. The number of aryl methyl sites for hydroxylation is 1. The van der Waals surface area contributed by atoms with Gasteiger partial charge < -0.3 is 15.8 Å². The van der Waals surface area contributed by atoms with Crippen LogP contribution >= 0.6 is 0 Å². The first-order chi connectivity index (χ1) is 8.60. The summed E-state index contributed by atoms with van der Waals surface area (Å²) in [4.78, 5) is 7.70. The molecule has 0 aliphatic rings. The Morgan fingerprint density at radius 2 is 2.11 bits per heavy atom. The Hall–Kier alpha value is -2.37. The number of hydrogen-bond acceptors (Lipinski definition) is 5. The van der Waals surface area contributed by atoms with Crippen molar-refractivity contribution in [2.45, 2.75) is 6.92 Å². The van der Waals surface area contributed by atoms with Gasteiger partial charge in [-0.25, -0.2) is 9.97 Å². The standard InChI is InChI=1S/C12H13FN4O/c1-7-15-11(14)10(13)12(16-7)17-8-4-3-5-9(6-8)18-2/h3-6H,1-2H3,(H3,14,15,16,17). The van der Waals surface area contributed by atoms with Crippen molar-refractivity contribution in [1.29, 1.82) is 0 Å². The van der Waals surface area contributed by atoms with Gasteiger partial charge in [-0.3, -0.25) is 0 Å². The molecule has 0 unspecified atom stereocenters. The van der Waals surface area contributed by atoms with Crippen molar-refractivity contribution in [2.24, 2.45) is 0 Å². The van der Waals surface area contributed by atoms with E-state index in [9.17, 15) is 4.39 Å². The molecule has 0 amide bonds. The van der Waals surface area contributed by atoms with E-state index in [1.807, 2.05) is 0 Å². The van der Waals surface area contributed by atoms with E-state index in [1.165, 1.54) is 0 Å². The van der Waals surface area contributed by atoms with Gasteiger partial charge in [-0.05, 0) is 19.1 Å². The van der Waals surface area contributed by atoms with Crippen LogP contribution in [0.2, 0.25) is 0 Å². The summed E-state index contributed by atoms with van der Waals surface area (Å²) in [7, 11) is 1.56. The van der Waals surface area contributed by atoms with Gasteiger partial charge in [-0.2, -0.15) is 4.39 Å². The minimum atomic E-state index is -0.664. The Labute approximate surface area is 104 Å². The SMILES string of the molecule is COc1cccc(Nc2nc(C)nc(N)c2F)c1. The number of methoxy groups -OCH3 is 1. The predicted molar refractivity (Wildman–Crippen MR) is 67.4 cm³/mol. The molecule has 1 heterocycles. The third-order valence-electron chi connectivity index (χ3n) is 2.32. The van der Waals surface area contributed by atoms with Crippen LogP contribution in [0.1, 0.15) is 5.82 Å². The smallest absolute Gasteiger partial charge is 0.207 e. The van der Waals surface area contributed by atoms with E-state index in [4.69, 9.17) is 10.5 Å². The monoisotopic (exact) mass is 248 g/mol. The number of nitrogens with two attached hydrogens (primary N) is 1. The Morgan fingerprint density at radius 3 is 2.83 bits per heavy atom. The molecule has 5 nitrogen and oxygen atoms in total. The predicted octanol–water partition coefficient (Wildman–Crippen LogP) is 2.26. The molecule has 0 spiro atoms. The molecule has 6 heteroatoms. The highest BCUT2D eigenvalue weighted by molar-refractivity contribution is 5.61. The van der Waals surface area contributed by atoms with Crippen molar-refractivity contribution in [3.05, 3.63) is 35.9 Å². The minimum Gasteiger partial charge on any atom is -0.497 e. The number of rotatable bonds is 3. The fourth-order valence-corrected chi connectivity index (χ4v) is 1.50. The summed E-state index contributed by atoms with van der Waals surface area (Å²) in [6.45, 7) is 1.65. The Balaban J connectivity index is 2.33. The molecule has 0 bridgehead atoms. The maximum absolute atomic E-state index is 13.7. The van der Waals surface area contributed by atoms with Gasteiger partial charge in [0.15, 0.2) is 11.6 Å². The highest BCUT2D eigenvalue weighted by Crippen LogP contribution is 2.23. The summed E-state index contributed by atoms with van der Waals surface area (Å²) in [6, 6.07) is 7.08. The van der Waals surface area contributed by atoms with Crippen LogP contribution in [-0.4, -0.2) is 17.1 Å². The van der Waals surface area contributed by atoms with Gasteiger partial charge in [0.05, 0.1) is 7.11 Å². The van der Waals surface area contributed by atoms with Crippen LogP contribution in [0, 0.1) is 12.7 Å². The van der Waals surface area contributed by atoms with E-state index in [0.717, 1.165) is 0 Å². The largest absolute Gasteiger partial charge is 0.497 e. The van der Waals surface area contributed by atoms with Crippen LogP contribution in [0.15, 0.2) is 24.3 Å². The molecule has 94 valence electrons. The lowest BCUT2D eigenvalue weighted by molar-refractivity contribution is 0.415. The normalized spacial score (nSPS) is 10.2. The molecular weight excluding hydrogens is 235 g/mol. The molecule has 18 heavy (non-hydrogen) atoms. The first-order valence-corrected chi connectivity index (χ1v) is 5.31. The number of aromatic nitrogens is 2. The highest BCUT2D eigenvalue weighted by Gasteiger charge is 2.10. The van der Waals surface area contributed by atoms with Crippen LogP contribution in [0.5, 0.6) is 5.75 Å². The quantitative estimate of drug-likeness (QED) is 0.871. The summed E-state index contributed by atoms with van der Waals surface area (Å²) in [5.41, 5.74) is 6.10. The molecule has 3 N–H and O–H groups in total. The van der Waals surface area contributed by atoms with E-state index in [2.05, 4.69) is 15.3 Å².